The van der Waals surface area contributed by atoms with Gasteiger partial charge in [0.15, 0.2) is 0 Å². The molecule has 0 bridgehead atoms. The fraction of sp³-hybridized carbons (Fsp3) is 0.455. The molecule has 44 heavy (non-hydrogen) atoms. The quantitative estimate of drug-likeness (QED) is 0.337. The molecule has 2 aromatic heterocycles. The first-order valence-corrected chi connectivity index (χ1v) is 14.8. The number of nitrogens with zero attached hydrogens (tertiary/aromatic N) is 4. The van der Waals surface area contributed by atoms with Crippen molar-refractivity contribution in [3.8, 4) is 17.1 Å². The summed E-state index contributed by atoms with van der Waals surface area (Å²) in [5.41, 5.74) is 2.32. The third-order valence-electron chi connectivity index (χ3n) is 7.95. The van der Waals surface area contributed by atoms with E-state index in [-0.39, 0.29) is 48.4 Å². The second-order valence-electron chi connectivity index (χ2n) is 11.4. The second-order valence-corrected chi connectivity index (χ2v) is 11.4. The first kappa shape index (κ1) is 32.9. The number of amides is 2. The Morgan fingerprint density at radius 1 is 1.07 bits per heavy atom. The highest BCUT2D eigenvalue weighted by Crippen LogP contribution is 2.31. The van der Waals surface area contributed by atoms with Crippen LogP contribution in [-0.2, 0) is 20.9 Å². The van der Waals surface area contributed by atoms with Crippen molar-refractivity contribution in [1.29, 1.82) is 0 Å². The summed E-state index contributed by atoms with van der Waals surface area (Å²) in [4.78, 5) is 39.4. The Kier molecular flexibility index (Phi) is 11.0. The average Bonchev–Trinajstić information content (AvgIpc) is 3.01. The van der Waals surface area contributed by atoms with Gasteiger partial charge in [0.05, 0.1) is 18.8 Å². The zero-order valence-electron chi connectivity index (χ0n) is 26.1. The molecule has 0 spiro atoms. The minimum Gasteiger partial charge on any atom is -0.481 e. The van der Waals surface area contributed by atoms with Gasteiger partial charge in [0.25, 0.3) is 0 Å². The molecule has 11 heteroatoms. The van der Waals surface area contributed by atoms with E-state index >= 15 is 4.39 Å². The van der Waals surface area contributed by atoms with E-state index in [0.717, 1.165) is 5.56 Å². The summed E-state index contributed by atoms with van der Waals surface area (Å²) in [5, 5.41) is 2.98. The smallest absolute Gasteiger partial charge is 0.244 e. The van der Waals surface area contributed by atoms with Gasteiger partial charge in [-0.05, 0) is 43.5 Å². The minimum absolute atomic E-state index is 0.122. The highest BCUT2D eigenvalue weighted by Gasteiger charge is 2.42. The number of ether oxygens (including phenoxy) is 2. The lowest BCUT2D eigenvalue weighted by Gasteiger charge is -2.47. The highest BCUT2D eigenvalue weighted by molar-refractivity contribution is 5.89. The van der Waals surface area contributed by atoms with Gasteiger partial charge in [0.2, 0.25) is 17.7 Å². The summed E-state index contributed by atoms with van der Waals surface area (Å²) in [7, 11) is 3.06. The number of pyridine rings is 2. The minimum atomic E-state index is -0.805. The molecule has 1 fully saturated rings. The summed E-state index contributed by atoms with van der Waals surface area (Å²) < 4.78 is 40.2. The molecule has 2 amide bonds. The zero-order valence-corrected chi connectivity index (χ0v) is 26.1. The number of carbonyl (C=O) groups is 2. The van der Waals surface area contributed by atoms with Gasteiger partial charge in [-0.2, -0.15) is 0 Å². The summed E-state index contributed by atoms with van der Waals surface area (Å²) in [6, 6.07) is 9.87. The molecular formula is C33H41F2N5O4. The Balaban J connectivity index is 1.56. The van der Waals surface area contributed by atoms with Crippen molar-refractivity contribution < 1.29 is 27.8 Å². The van der Waals surface area contributed by atoms with Crippen LogP contribution in [0.3, 0.4) is 0 Å². The van der Waals surface area contributed by atoms with Crippen LogP contribution in [0.25, 0.3) is 11.3 Å². The Morgan fingerprint density at radius 2 is 1.80 bits per heavy atom. The fourth-order valence-electron chi connectivity index (χ4n) is 5.59. The van der Waals surface area contributed by atoms with E-state index in [2.05, 4.69) is 15.3 Å². The van der Waals surface area contributed by atoms with Gasteiger partial charge in [-0.3, -0.25) is 19.5 Å². The van der Waals surface area contributed by atoms with Gasteiger partial charge in [-0.15, -0.1) is 0 Å². The lowest BCUT2D eigenvalue weighted by molar-refractivity contribution is -0.151. The average molecular weight is 610 g/mol. The van der Waals surface area contributed by atoms with Crippen LogP contribution in [0.4, 0.5) is 8.78 Å². The number of hydrogen-bond donors (Lipinski definition) is 1. The largest absolute Gasteiger partial charge is 0.481 e. The lowest BCUT2D eigenvalue weighted by Crippen LogP contribution is -2.65. The maximum absolute atomic E-state index is 15.3. The van der Waals surface area contributed by atoms with Crippen LogP contribution in [0.15, 0.2) is 48.7 Å². The first-order chi connectivity index (χ1) is 21.0. The summed E-state index contributed by atoms with van der Waals surface area (Å²) in [5.74, 6) is -1.29. The van der Waals surface area contributed by atoms with Gasteiger partial charge in [0.1, 0.15) is 23.4 Å². The molecule has 1 N–H and O–H groups in total. The number of rotatable bonds is 11. The van der Waals surface area contributed by atoms with Crippen molar-refractivity contribution in [2.45, 2.75) is 58.8 Å². The number of aromatic nitrogens is 2. The maximum Gasteiger partial charge on any atom is 0.244 e. The molecule has 3 atom stereocenters. The van der Waals surface area contributed by atoms with E-state index in [9.17, 15) is 14.0 Å². The third-order valence-corrected chi connectivity index (χ3v) is 7.95. The number of benzene rings is 1. The van der Waals surface area contributed by atoms with E-state index in [1.165, 1.54) is 19.2 Å². The lowest BCUT2D eigenvalue weighted by atomic mass is 9.97. The van der Waals surface area contributed by atoms with E-state index in [4.69, 9.17) is 9.47 Å². The zero-order chi connectivity index (χ0) is 32.0. The molecule has 0 radical (unpaired) electrons. The molecule has 1 aliphatic heterocycles. The van der Waals surface area contributed by atoms with E-state index in [1.54, 1.807) is 55.5 Å². The van der Waals surface area contributed by atoms with E-state index in [1.807, 2.05) is 25.7 Å². The SMILES string of the molecule is COCC[C@H](c1nccc(C)c1F)N1C[C@@H](C)N(C(=O)C(C)C)[C@@H](C(=O)NCc2ccc(-c3nc(OC)ccc3F)cc2)C1. The number of nitrogens with one attached hydrogen (secondary N) is 1. The molecule has 0 saturated carbocycles. The summed E-state index contributed by atoms with van der Waals surface area (Å²) >= 11 is 0. The molecule has 1 saturated heterocycles. The Bertz CT molecular complexity index is 1450. The van der Waals surface area contributed by atoms with E-state index < -0.39 is 17.9 Å². The van der Waals surface area contributed by atoms with Crippen molar-refractivity contribution >= 4 is 11.8 Å². The third kappa shape index (κ3) is 7.39. The highest BCUT2D eigenvalue weighted by atomic mass is 19.1. The number of carbonyl (C=O) groups excluding carboxylic acids is 2. The number of hydrogen-bond acceptors (Lipinski definition) is 7. The van der Waals surface area contributed by atoms with E-state index in [0.29, 0.717) is 42.3 Å². The molecule has 9 nitrogen and oxygen atoms in total. The van der Waals surface area contributed by atoms with Crippen LogP contribution in [0.2, 0.25) is 0 Å². The molecule has 1 aliphatic rings. The Hall–Kier alpha value is -3.96. The Morgan fingerprint density at radius 3 is 2.45 bits per heavy atom. The van der Waals surface area contributed by atoms with Gasteiger partial charge < -0.3 is 19.7 Å². The van der Waals surface area contributed by atoms with Crippen LogP contribution in [0, 0.1) is 24.5 Å². The number of aryl methyl sites for hydroxylation is 1. The van der Waals surface area contributed by atoms with Crippen LogP contribution in [0.1, 0.15) is 50.1 Å². The van der Waals surface area contributed by atoms with Crippen molar-refractivity contribution in [2.24, 2.45) is 5.92 Å². The van der Waals surface area contributed by atoms with Gasteiger partial charge in [-0.1, -0.05) is 38.1 Å². The predicted octanol–water partition coefficient (Wildman–Crippen LogP) is 4.69. The molecule has 3 heterocycles. The molecular weight excluding hydrogens is 568 g/mol. The summed E-state index contributed by atoms with van der Waals surface area (Å²) in [6.45, 7) is 8.45. The second kappa shape index (κ2) is 14.7. The molecule has 3 aromatic rings. The number of halogens is 2. The van der Waals surface area contributed by atoms with Gasteiger partial charge >= 0.3 is 0 Å². The van der Waals surface area contributed by atoms with Crippen LogP contribution >= 0.6 is 0 Å². The van der Waals surface area contributed by atoms with Gasteiger partial charge in [-0.25, -0.2) is 13.8 Å². The number of piperazine rings is 1. The first-order valence-electron chi connectivity index (χ1n) is 14.8. The molecule has 0 aliphatic carbocycles. The molecule has 1 aromatic carbocycles. The van der Waals surface area contributed by atoms with Crippen molar-refractivity contribution in [2.75, 3.05) is 33.9 Å². The predicted molar refractivity (Wildman–Crippen MR) is 163 cm³/mol. The van der Waals surface area contributed by atoms with Crippen molar-refractivity contribution in [3.05, 3.63) is 77.1 Å². The normalized spacial score (nSPS) is 17.9. The topological polar surface area (TPSA) is 96.9 Å². The van der Waals surface area contributed by atoms with Crippen LogP contribution < -0.4 is 10.1 Å². The molecule has 236 valence electrons. The van der Waals surface area contributed by atoms with Crippen molar-refractivity contribution in [3.63, 3.8) is 0 Å². The Labute approximate surface area is 257 Å². The summed E-state index contributed by atoms with van der Waals surface area (Å²) in [6.07, 6.45) is 2.06. The monoisotopic (exact) mass is 609 g/mol. The van der Waals surface area contributed by atoms with Crippen LogP contribution in [-0.4, -0.2) is 77.6 Å². The maximum atomic E-state index is 15.3. The van der Waals surface area contributed by atoms with Crippen molar-refractivity contribution in [1.82, 2.24) is 25.1 Å². The van der Waals surface area contributed by atoms with Crippen LogP contribution in [0.5, 0.6) is 5.88 Å². The fourth-order valence-corrected chi connectivity index (χ4v) is 5.59. The molecule has 4 rings (SSSR count). The number of methoxy groups -OCH3 is 2. The standard InChI is InChI=1S/C33H41F2N5O4/c1-20(2)33(42)40-22(4)18-39(26(14-16-43-5)31-29(35)21(3)13-15-36-31)19-27(40)32(41)37-17-23-7-9-24(10-8-23)30-25(34)11-12-28(38-30)44-6/h7-13,15,20,22,26-27H,14,16-19H2,1-6H3,(H,37,41)/t22-,26-,27-/m1/s1. The van der Waals surface area contributed by atoms with Gasteiger partial charge in [0, 0.05) is 63.1 Å². The molecule has 0 unspecified atom stereocenters.